The summed E-state index contributed by atoms with van der Waals surface area (Å²) in [5, 5.41) is 11.6. The van der Waals surface area contributed by atoms with E-state index in [2.05, 4.69) is 11.2 Å². The van der Waals surface area contributed by atoms with Gasteiger partial charge in [0.2, 0.25) is 0 Å². The van der Waals surface area contributed by atoms with Crippen molar-refractivity contribution in [3.63, 3.8) is 0 Å². The number of hydrogen-bond acceptors (Lipinski definition) is 2. The number of carboxylic acid groups (broad SMARTS) is 1. The Morgan fingerprint density at radius 2 is 2.00 bits per heavy atom. The van der Waals surface area contributed by atoms with E-state index >= 15 is 0 Å². The molecule has 3 heteroatoms. The zero-order valence-corrected chi connectivity index (χ0v) is 7.66. The first-order chi connectivity index (χ1) is 5.49. The molecule has 0 aliphatic rings. The van der Waals surface area contributed by atoms with Crippen LogP contribution in [0.1, 0.15) is 20.8 Å². The van der Waals surface area contributed by atoms with Crippen LogP contribution in [0.4, 0.5) is 0 Å². The van der Waals surface area contributed by atoms with Gasteiger partial charge in [-0.15, -0.1) is 6.42 Å². The Kier molecular flexibility index (Phi) is 4.38. The Balaban J connectivity index is 4.16. The monoisotopic (exact) mass is 169 g/mol. The molecule has 0 aromatic heterocycles. The number of carbonyl (C=O) groups is 1. The first-order valence-electron chi connectivity index (χ1n) is 3.94. The maximum absolute atomic E-state index is 10.7. The first kappa shape index (κ1) is 11.0. The lowest BCUT2D eigenvalue weighted by Crippen LogP contribution is -2.44. The van der Waals surface area contributed by atoms with Crippen LogP contribution >= 0.6 is 0 Å². The number of aliphatic carboxylic acids is 1. The van der Waals surface area contributed by atoms with E-state index in [1.807, 2.05) is 13.8 Å². The van der Waals surface area contributed by atoms with Crippen molar-refractivity contribution in [2.45, 2.75) is 32.9 Å². The minimum absolute atomic E-state index is 0.0401. The number of terminal acetylenes is 1. The average Bonchev–Trinajstić information content (AvgIpc) is 1.98. The number of hydrogen-bond donors (Lipinski definition) is 2. The minimum Gasteiger partial charge on any atom is -0.480 e. The van der Waals surface area contributed by atoms with Gasteiger partial charge in [-0.1, -0.05) is 19.8 Å². The second-order valence-corrected chi connectivity index (χ2v) is 3.11. The van der Waals surface area contributed by atoms with Gasteiger partial charge in [-0.2, -0.15) is 0 Å². The van der Waals surface area contributed by atoms with Gasteiger partial charge in [0.15, 0.2) is 0 Å². The van der Waals surface area contributed by atoms with E-state index in [1.54, 1.807) is 6.92 Å². The summed E-state index contributed by atoms with van der Waals surface area (Å²) in [6, 6.07) is -0.760. The van der Waals surface area contributed by atoms with E-state index in [0.717, 1.165) is 0 Å². The van der Waals surface area contributed by atoms with Crippen LogP contribution in [0.2, 0.25) is 0 Å². The summed E-state index contributed by atoms with van der Waals surface area (Å²) in [6.45, 7) is 5.45. The third kappa shape index (κ3) is 3.40. The smallest absolute Gasteiger partial charge is 0.320 e. The summed E-state index contributed by atoms with van der Waals surface area (Å²) in [5.74, 6) is 1.62. The van der Waals surface area contributed by atoms with Crippen molar-refractivity contribution in [2.24, 2.45) is 5.92 Å². The third-order valence-electron chi connectivity index (χ3n) is 1.61. The molecule has 0 bridgehead atoms. The lowest BCUT2D eigenvalue weighted by Gasteiger charge is -2.19. The van der Waals surface area contributed by atoms with Crippen LogP contribution in [0.5, 0.6) is 0 Å². The predicted molar refractivity (Wildman–Crippen MR) is 47.7 cm³/mol. The molecule has 0 heterocycles. The molecule has 68 valence electrons. The summed E-state index contributed by atoms with van der Waals surface area (Å²) in [5.41, 5.74) is 0. The first-order valence-corrected chi connectivity index (χ1v) is 3.94. The Morgan fingerprint density at radius 3 is 2.25 bits per heavy atom. The molecule has 0 aromatic carbocycles. The van der Waals surface area contributed by atoms with Crippen molar-refractivity contribution in [1.82, 2.24) is 5.32 Å². The fourth-order valence-corrected chi connectivity index (χ4v) is 0.866. The Morgan fingerprint density at radius 1 is 1.50 bits per heavy atom. The van der Waals surface area contributed by atoms with Crippen LogP contribution in [-0.2, 0) is 4.79 Å². The molecule has 0 amide bonds. The fraction of sp³-hybridized carbons (Fsp3) is 0.667. The quantitative estimate of drug-likeness (QED) is 0.609. The molecule has 0 fully saturated rings. The molecule has 2 N–H and O–H groups in total. The van der Waals surface area contributed by atoms with E-state index < -0.39 is 12.0 Å². The summed E-state index contributed by atoms with van der Waals surface area (Å²) in [4.78, 5) is 10.7. The van der Waals surface area contributed by atoms with Gasteiger partial charge in [-0.05, 0) is 12.8 Å². The SMILES string of the molecule is C#CC(C)NC(C(=O)O)C(C)C. The van der Waals surface area contributed by atoms with Crippen molar-refractivity contribution in [2.75, 3.05) is 0 Å². The van der Waals surface area contributed by atoms with E-state index in [9.17, 15) is 4.79 Å². The molecule has 0 aliphatic carbocycles. The van der Waals surface area contributed by atoms with Crippen LogP contribution in [-0.4, -0.2) is 23.2 Å². The Bertz CT molecular complexity index is 193. The van der Waals surface area contributed by atoms with E-state index in [0.29, 0.717) is 0 Å². The highest BCUT2D eigenvalue weighted by molar-refractivity contribution is 5.73. The zero-order valence-electron chi connectivity index (χ0n) is 7.66. The molecule has 0 radical (unpaired) electrons. The molecule has 0 saturated heterocycles. The van der Waals surface area contributed by atoms with Gasteiger partial charge in [0.05, 0.1) is 6.04 Å². The predicted octanol–water partition coefficient (Wildman–Crippen LogP) is 0.707. The number of carboxylic acids is 1. The summed E-state index contributed by atoms with van der Waals surface area (Å²) < 4.78 is 0. The Hall–Kier alpha value is -1.01. The maximum atomic E-state index is 10.7. The highest BCUT2D eigenvalue weighted by Crippen LogP contribution is 2.02. The molecule has 3 nitrogen and oxygen atoms in total. The summed E-state index contributed by atoms with van der Waals surface area (Å²) >= 11 is 0. The molecule has 12 heavy (non-hydrogen) atoms. The molecular weight excluding hydrogens is 154 g/mol. The number of rotatable bonds is 4. The van der Waals surface area contributed by atoms with Gasteiger partial charge < -0.3 is 5.11 Å². The standard InChI is InChI=1S/C9H15NO2/c1-5-7(4)10-8(6(2)3)9(11)12/h1,6-8,10H,2-4H3,(H,11,12). The molecule has 0 spiro atoms. The third-order valence-corrected chi connectivity index (χ3v) is 1.61. The second kappa shape index (κ2) is 4.78. The number of nitrogens with one attached hydrogen (secondary N) is 1. The van der Waals surface area contributed by atoms with E-state index in [1.165, 1.54) is 0 Å². The highest BCUT2D eigenvalue weighted by Gasteiger charge is 2.21. The molecular formula is C9H15NO2. The molecule has 0 aliphatic heterocycles. The molecule has 2 atom stereocenters. The lowest BCUT2D eigenvalue weighted by atomic mass is 10.0. The fourth-order valence-electron chi connectivity index (χ4n) is 0.866. The van der Waals surface area contributed by atoms with Crippen molar-refractivity contribution >= 4 is 5.97 Å². The van der Waals surface area contributed by atoms with Gasteiger partial charge in [0, 0.05) is 0 Å². The van der Waals surface area contributed by atoms with Gasteiger partial charge in [0.1, 0.15) is 6.04 Å². The molecule has 0 rings (SSSR count). The van der Waals surface area contributed by atoms with Gasteiger partial charge >= 0.3 is 5.97 Å². The van der Waals surface area contributed by atoms with Crippen LogP contribution in [0, 0.1) is 18.3 Å². The topological polar surface area (TPSA) is 49.3 Å². The van der Waals surface area contributed by atoms with Gasteiger partial charge in [0.25, 0.3) is 0 Å². The van der Waals surface area contributed by atoms with Crippen LogP contribution in [0.3, 0.4) is 0 Å². The van der Waals surface area contributed by atoms with Crippen molar-refractivity contribution < 1.29 is 9.90 Å². The normalized spacial score (nSPS) is 15.2. The zero-order chi connectivity index (χ0) is 9.72. The summed E-state index contributed by atoms with van der Waals surface area (Å²) in [6.07, 6.45) is 5.12. The maximum Gasteiger partial charge on any atom is 0.320 e. The van der Waals surface area contributed by atoms with Crippen molar-refractivity contribution in [3.8, 4) is 12.3 Å². The second-order valence-electron chi connectivity index (χ2n) is 3.11. The van der Waals surface area contributed by atoms with Crippen molar-refractivity contribution in [1.29, 1.82) is 0 Å². The highest BCUT2D eigenvalue weighted by atomic mass is 16.4. The van der Waals surface area contributed by atoms with Crippen molar-refractivity contribution in [3.05, 3.63) is 0 Å². The largest absolute Gasteiger partial charge is 0.480 e. The average molecular weight is 169 g/mol. The molecule has 0 aromatic rings. The summed E-state index contributed by atoms with van der Waals surface area (Å²) in [7, 11) is 0. The Labute approximate surface area is 73.2 Å². The van der Waals surface area contributed by atoms with Crippen LogP contribution in [0.15, 0.2) is 0 Å². The van der Waals surface area contributed by atoms with E-state index in [4.69, 9.17) is 11.5 Å². The van der Waals surface area contributed by atoms with Gasteiger partial charge in [-0.3, -0.25) is 10.1 Å². The lowest BCUT2D eigenvalue weighted by molar-refractivity contribution is -0.140. The van der Waals surface area contributed by atoms with Gasteiger partial charge in [-0.25, -0.2) is 0 Å². The minimum atomic E-state index is -0.855. The molecule has 0 saturated carbocycles. The van der Waals surface area contributed by atoms with E-state index in [-0.39, 0.29) is 12.0 Å². The van der Waals surface area contributed by atoms with Crippen LogP contribution in [0.25, 0.3) is 0 Å². The van der Waals surface area contributed by atoms with Crippen LogP contribution < -0.4 is 5.32 Å². The molecule has 2 unspecified atom stereocenters.